The first-order valence-electron chi connectivity index (χ1n) is 9.22. The average molecular weight is 344 g/mol. The molecular weight excluding hydrogens is 320 g/mol. The van der Waals surface area contributed by atoms with Crippen LogP contribution in [0.3, 0.4) is 0 Å². The summed E-state index contributed by atoms with van der Waals surface area (Å²) in [6.45, 7) is 6.29. The topological polar surface area (TPSA) is 41.1 Å². The number of hydrogen-bond acceptors (Lipinski definition) is 4. The van der Waals surface area contributed by atoms with Gasteiger partial charge >= 0.3 is 0 Å². The van der Waals surface area contributed by atoms with Crippen molar-refractivity contribution in [2.75, 3.05) is 23.3 Å². The number of hydrogen-bond donors (Lipinski definition) is 1. The summed E-state index contributed by atoms with van der Waals surface area (Å²) >= 11 is 0. The van der Waals surface area contributed by atoms with Gasteiger partial charge in [-0.05, 0) is 49.9 Å². The molecule has 3 aromatic rings. The van der Waals surface area contributed by atoms with E-state index in [2.05, 4.69) is 54.4 Å². The molecule has 4 heteroatoms. The SMILES string of the molecule is Cc1cc(C)cc(Nc2cc(-c3ccccc3)nc(N3CCCC3)n2)c1. The van der Waals surface area contributed by atoms with Crippen LogP contribution in [0.2, 0.25) is 0 Å². The Kier molecular flexibility index (Phi) is 4.57. The van der Waals surface area contributed by atoms with Gasteiger partial charge in [0.05, 0.1) is 5.69 Å². The molecule has 4 rings (SSSR count). The van der Waals surface area contributed by atoms with Gasteiger partial charge in [-0.15, -0.1) is 0 Å². The second-order valence-electron chi connectivity index (χ2n) is 7.00. The van der Waals surface area contributed by atoms with E-state index in [0.29, 0.717) is 0 Å². The predicted molar refractivity (Wildman–Crippen MR) is 108 cm³/mol. The maximum absolute atomic E-state index is 4.84. The molecule has 0 spiro atoms. The minimum Gasteiger partial charge on any atom is -0.341 e. The molecule has 4 nitrogen and oxygen atoms in total. The molecule has 1 N–H and O–H groups in total. The maximum Gasteiger partial charge on any atom is 0.227 e. The number of benzene rings is 2. The molecule has 1 aliphatic heterocycles. The van der Waals surface area contributed by atoms with Gasteiger partial charge in [-0.25, -0.2) is 4.98 Å². The molecule has 0 aliphatic carbocycles. The van der Waals surface area contributed by atoms with Gasteiger partial charge in [-0.2, -0.15) is 4.98 Å². The molecule has 0 amide bonds. The standard InChI is InChI=1S/C22H24N4/c1-16-12-17(2)14-19(13-16)23-21-15-20(18-8-4-3-5-9-18)24-22(25-21)26-10-6-7-11-26/h3-5,8-9,12-15H,6-7,10-11H2,1-2H3,(H,23,24,25). The fourth-order valence-corrected chi connectivity index (χ4v) is 3.51. The highest BCUT2D eigenvalue weighted by Gasteiger charge is 2.17. The zero-order valence-corrected chi connectivity index (χ0v) is 15.4. The van der Waals surface area contributed by atoms with Crippen molar-refractivity contribution in [2.24, 2.45) is 0 Å². The fraction of sp³-hybridized carbons (Fsp3) is 0.273. The lowest BCUT2D eigenvalue weighted by molar-refractivity contribution is 0.902. The summed E-state index contributed by atoms with van der Waals surface area (Å²) in [5, 5.41) is 3.48. The van der Waals surface area contributed by atoms with Gasteiger partial charge in [0.2, 0.25) is 5.95 Å². The Hall–Kier alpha value is -2.88. The number of anilines is 3. The first-order valence-corrected chi connectivity index (χ1v) is 9.22. The van der Waals surface area contributed by atoms with E-state index in [4.69, 9.17) is 9.97 Å². The van der Waals surface area contributed by atoms with Crippen molar-refractivity contribution in [1.29, 1.82) is 0 Å². The Morgan fingerprint density at radius 2 is 1.54 bits per heavy atom. The monoisotopic (exact) mass is 344 g/mol. The third kappa shape index (κ3) is 3.69. The van der Waals surface area contributed by atoms with Crippen molar-refractivity contribution >= 4 is 17.5 Å². The Morgan fingerprint density at radius 3 is 2.23 bits per heavy atom. The van der Waals surface area contributed by atoms with Crippen LogP contribution in [0.15, 0.2) is 54.6 Å². The highest BCUT2D eigenvalue weighted by Crippen LogP contribution is 2.27. The number of nitrogens with zero attached hydrogens (tertiary/aromatic N) is 3. The van der Waals surface area contributed by atoms with Gasteiger partial charge in [-0.3, -0.25) is 0 Å². The average Bonchev–Trinajstić information content (AvgIpc) is 3.16. The highest BCUT2D eigenvalue weighted by molar-refractivity contribution is 5.68. The van der Waals surface area contributed by atoms with E-state index in [9.17, 15) is 0 Å². The summed E-state index contributed by atoms with van der Waals surface area (Å²) in [7, 11) is 0. The molecule has 0 unspecified atom stereocenters. The molecule has 2 aromatic carbocycles. The van der Waals surface area contributed by atoms with E-state index in [0.717, 1.165) is 41.8 Å². The van der Waals surface area contributed by atoms with Crippen LogP contribution >= 0.6 is 0 Å². The molecule has 26 heavy (non-hydrogen) atoms. The highest BCUT2D eigenvalue weighted by atomic mass is 15.3. The molecule has 132 valence electrons. The molecule has 0 atom stereocenters. The van der Waals surface area contributed by atoms with Gasteiger partial charge in [0.25, 0.3) is 0 Å². The number of aryl methyl sites for hydroxylation is 2. The van der Waals surface area contributed by atoms with Crippen molar-refractivity contribution in [3.63, 3.8) is 0 Å². The van der Waals surface area contributed by atoms with Crippen LogP contribution in [0, 0.1) is 13.8 Å². The molecule has 1 aliphatic rings. The second-order valence-corrected chi connectivity index (χ2v) is 7.00. The van der Waals surface area contributed by atoms with Crippen LogP contribution in [-0.2, 0) is 0 Å². The lowest BCUT2D eigenvalue weighted by Gasteiger charge is -2.18. The maximum atomic E-state index is 4.84. The Labute approximate surface area is 154 Å². The minimum atomic E-state index is 0.815. The molecule has 0 radical (unpaired) electrons. The van der Waals surface area contributed by atoms with E-state index < -0.39 is 0 Å². The molecule has 1 aromatic heterocycles. The molecule has 0 bridgehead atoms. The van der Waals surface area contributed by atoms with Crippen LogP contribution in [0.5, 0.6) is 0 Å². The van der Waals surface area contributed by atoms with E-state index >= 15 is 0 Å². The zero-order chi connectivity index (χ0) is 17.9. The first kappa shape index (κ1) is 16.6. The number of rotatable bonds is 4. The van der Waals surface area contributed by atoms with Crippen molar-refractivity contribution in [1.82, 2.24) is 9.97 Å². The van der Waals surface area contributed by atoms with Gasteiger partial charge in [0.15, 0.2) is 0 Å². The van der Waals surface area contributed by atoms with Crippen molar-refractivity contribution < 1.29 is 0 Å². The molecular formula is C22H24N4. The second kappa shape index (κ2) is 7.16. The third-order valence-electron chi connectivity index (χ3n) is 4.67. The van der Waals surface area contributed by atoms with Gasteiger partial charge in [0.1, 0.15) is 5.82 Å². The van der Waals surface area contributed by atoms with Crippen LogP contribution in [-0.4, -0.2) is 23.1 Å². The molecule has 1 fully saturated rings. The summed E-state index contributed by atoms with van der Waals surface area (Å²) in [6.07, 6.45) is 2.41. The fourth-order valence-electron chi connectivity index (χ4n) is 3.51. The summed E-state index contributed by atoms with van der Waals surface area (Å²) in [5.41, 5.74) is 5.61. The van der Waals surface area contributed by atoms with Crippen LogP contribution in [0.1, 0.15) is 24.0 Å². The van der Waals surface area contributed by atoms with Crippen molar-refractivity contribution in [3.8, 4) is 11.3 Å². The molecule has 1 saturated heterocycles. The first-order chi connectivity index (χ1) is 12.7. The predicted octanol–water partition coefficient (Wildman–Crippen LogP) is 5.10. The summed E-state index contributed by atoms with van der Waals surface area (Å²) in [4.78, 5) is 11.9. The smallest absolute Gasteiger partial charge is 0.227 e. The van der Waals surface area contributed by atoms with E-state index in [1.807, 2.05) is 24.3 Å². The van der Waals surface area contributed by atoms with Crippen LogP contribution in [0.4, 0.5) is 17.5 Å². The quantitative estimate of drug-likeness (QED) is 0.714. The number of nitrogens with one attached hydrogen (secondary N) is 1. The van der Waals surface area contributed by atoms with E-state index in [-0.39, 0.29) is 0 Å². The van der Waals surface area contributed by atoms with E-state index in [1.54, 1.807) is 0 Å². The zero-order valence-electron chi connectivity index (χ0n) is 15.4. The van der Waals surface area contributed by atoms with E-state index in [1.165, 1.54) is 24.0 Å². The summed E-state index contributed by atoms with van der Waals surface area (Å²) < 4.78 is 0. The Morgan fingerprint density at radius 1 is 0.846 bits per heavy atom. The van der Waals surface area contributed by atoms with Crippen molar-refractivity contribution in [2.45, 2.75) is 26.7 Å². The third-order valence-corrected chi connectivity index (χ3v) is 4.67. The largest absolute Gasteiger partial charge is 0.341 e. The normalized spacial score (nSPS) is 13.8. The number of aromatic nitrogens is 2. The van der Waals surface area contributed by atoms with Gasteiger partial charge < -0.3 is 10.2 Å². The Balaban J connectivity index is 1.74. The lowest BCUT2D eigenvalue weighted by Crippen LogP contribution is -2.21. The summed E-state index contributed by atoms with van der Waals surface area (Å²) in [6, 6.07) is 18.8. The van der Waals surface area contributed by atoms with Crippen molar-refractivity contribution in [3.05, 3.63) is 65.7 Å². The minimum absolute atomic E-state index is 0.815. The molecule has 0 saturated carbocycles. The van der Waals surface area contributed by atoms with Crippen LogP contribution in [0.25, 0.3) is 11.3 Å². The lowest BCUT2D eigenvalue weighted by atomic mass is 10.1. The molecule has 2 heterocycles. The Bertz CT molecular complexity index is 879. The summed E-state index contributed by atoms with van der Waals surface area (Å²) in [5.74, 6) is 1.65. The van der Waals surface area contributed by atoms with Gasteiger partial charge in [0, 0.05) is 30.4 Å². The van der Waals surface area contributed by atoms with Crippen LogP contribution < -0.4 is 10.2 Å². The van der Waals surface area contributed by atoms with Gasteiger partial charge in [-0.1, -0.05) is 36.4 Å².